The fourth-order valence-electron chi connectivity index (χ4n) is 5.87. The number of fused-ring (bicyclic) bond motifs is 1. The van der Waals surface area contributed by atoms with Crippen LogP contribution in [-0.2, 0) is 9.59 Å². The molecular weight excluding hydrogens is 585 g/mol. The van der Waals surface area contributed by atoms with Crippen LogP contribution in [0.1, 0.15) is 39.5 Å². The highest BCUT2D eigenvalue weighted by molar-refractivity contribution is 8.14. The molecule has 3 amide bonds. The minimum atomic E-state index is -5.08. The number of likely N-dealkylation sites (tertiary alicyclic amines) is 2. The lowest BCUT2D eigenvalue weighted by Crippen LogP contribution is -2.44. The molecule has 2 aromatic rings. The zero-order valence-electron chi connectivity index (χ0n) is 23.9. The average molecular weight is 621 g/mol. The lowest BCUT2D eigenvalue weighted by molar-refractivity contribution is -0.192. The number of aryl methyl sites for hydroxylation is 2. The summed E-state index contributed by atoms with van der Waals surface area (Å²) in [7, 11) is 0. The molecule has 5 rings (SSSR count). The number of thioether (sulfide) groups is 1. The molecule has 0 aromatic heterocycles. The van der Waals surface area contributed by atoms with Gasteiger partial charge in [-0.25, -0.2) is 4.79 Å². The third-order valence-electron chi connectivity index (χ3n) is 8.03. The zero-order chi connectivity index (χ0) is 31.3. The van der Waals surface area contributed by atoms with Crippen molar-refractivity contribution in [1.29, 1.82) is 0 Å². The molecule has 0 saturated carbocycles. The van der Waals surface area contributed by atoms with Crippen molar-refractivity contribution in [2.24, 2.45) is 11.8 Å². The molecule has 3 fully saturated rings. The van der Waals surface area contributed by atoms with E-state index >= 15 is 0 Å². The van der Waals surface area contributed by atoms with Gasteiger partial charge in [0.15, 0.2) is 0 Å². The number of alkyl halides is 3. The minimum Gasteiger partial charge on any atom is -0.475 e. The van der Waals surface area contributed by atoms with E-state index < -0.39 is 18.2 Å². The van der Waals surface area contributed by atoms with Crippen LogP contribution in [0.25, 0.3) is 0 Å². The van der Waals surface area contributed by atoms with Crippen LogP contribution in [0.4, 0.5) is 18.0 Å². The maximum absolute atomic E-state index is 13.2. The molecule has 0 spiro atoms. The molecule has 3 unspecified atom stereocenters. The Morgan fingerprint density at radius 1 is 1.00 bits per heavy atom. The van der Waals surface area contributed by atoms with Crippen LogP contribution >= 0.6 is 11.8 Å². The largest absolute Gasteiger partial charge is 0.490 e. The summed E-state index contributed by atoms with van der Waals surface area (Å²) in [5.74, 6) is -1.26. The number of amides is 3. The molecule has 3 saturated heterocycles. The highest BCUT2D eigenvalue weighted by atomic mass is 32.2. The van der Waals surface area contributed by atoms with E-state index in [0.29, 0.717) is 17.6 Å². The minimum absolute atomic E-state index is 0.108. The van der Waals surface area contributed by atoms with Crippen molar-refractivity contribution in [3.8, 4) is 0 Å². The maximum atomic E-state index is 13.2. The van der Waals surface area contributed by atoms with Crippen molar-refractivity contribution in [2.45, 2.75) is 38.5 Å². The summed E-state index contributed by atoms with van der Waals surface area (Å²) < 4.78 is 31.7. The molecule has 2 aromatic carbocycles. The van der Waals surface area contributed by atoms with Crippen molar-refractivity contribution < 1.29 is 37.5 Å². The molecule has 3 aliphatic heterocycles. The quantitative estimate of drug-likeness (QED) is 0.428. The molecule has 13 heteroatoms. The SMILES string of the molecule is Cc1cccc(C)c1C(=O)N1CC2CN(CCC(NC(=O)C3CSC(=O)N3)c3ccccc3)C[C@H]2C1.O=C(O)C(F)(F)F. The maximum Gasteiger partial charge on any atom is 0.490 e. The summed E-state index contributed by atoms with van der Waals surface area (Å²) >= 11 is 1.15. The molecule has 43 heavy (non-hydrogen) atoms. The van der Waals surface area contributed by atoms with Crippen LogP contribution in [0.15, 0.2) is 48.5 Å². The highest BCUT2D eigenvalue weighted by Crippen LogP contribution is 2.33. The molecule has 9 nitrogen and oxygen atoms in total. The van der Waals surface area contributed by atoms with Crippen LogP contribution in [0.5, 0.6) is 0 Å². The van der Waals surface area contributed by atoms with E-state index in [9.17, 15) is 27.6 Å². The van der Waals surface area contributed by atoms with E-state index in [0.717, 1.165) is 73.2 Å². The van der Waals surface area contributed by atoms with Crippen molar-refractivity contribution in [1.82, 2.24) is 20.4 Å². The standard InChI is InChI=1S/C28H34N4O3S.C2HF3O2/c1-18-7-6-8-19(2)25(18)27(34)32-15-21-13-31(14-22(21)16-32)12-11-23(20-9-4-3-5-10-20)29-26(33)24-17-36-28(35)30-24;3-2(4,5)1(6)7/h3-10,21-24H,11-17H2,1-2H3,(H,29,33)(H,30,35);(H,6,7)/t21-,22?,23?,24?;/m0./s1. The number of hydrogen-bond acceptors (Lipinski definition) is 6. The smallest absolute Gasteiger partial charge is 0.475 e. The van der Waals surface area contributed by atoms with E-state index in [1.54, 1.807) is 0 Å². The fourth-order valence-corrected chi connectivity index (χ4v) is 6.64. The number of nitrogens with zero attached hydrogens (tertiary/aromatic N) is 2. The number of halogens is 3. The normalized spacial score (nSPS) is 22.3. The van der Waals surface area contributed by atoms with Crippen LogP contribution in [0.2, 0.25) is 0 Å². The third kappa shape index (κ3) is 8.29. The van der Waals surface area contributed by atoms with E-state index in [-0.39, 0.29) is 23.1 Å². The van der Waals surface area contributed by atoms with Gasteiger partial charge in [0.2, 0.25) is 5.91 Å². The van der Waals surface area contributed by atoms with Crippen molar-refractivity contribution in [3.63, 3.8) is 0 Å². The van der Waals surface area contributed by atoms with Gasteiger partial charge in [-0.1, -0.05) is 60.3 Å². The van der Waals surface area contributed by atoms with E-state index in [2.05, 4.69) is 15.5 Å². The zero-order valence-corrected chi connectivity index (χ0v) is 24.7. The van der Waals surface area contributed by atoms with E-state index in [4.69, 9.17) is 9.90 Å². The first-order valence-electron chi connectivity index (χ1n) is 14.0. The molecule has 3 heterocycles. The Balaban J connectivity index is 0.000000541. The van der Waals surface area contributed by atoms with Gasteiger partial charge in [-0.3, -0.25) is 14.4 Å². The summed E-state index contributed by atoms with van der Waals surface area (Å²) in [5, 5.41) is 12.9. The number of rotatable bonds is 7. The summed E-state index contributed by atoms with van der Waals surface area (Å²) in [4.78, 5) is 51.0. The molecule has 232 valence electrons. The highest BCUT2D eigenvalue weighted by Gasteiger charge is 2.42. The van der Waals surface area contributed by atoms with Crippen molar-refractivity contribution in [2.75, 3.05) is 38.5 Å². The number of carbonyl (C=O) groups excluding carboxylic acids is 3. The number of benzene rings is 2. The Bertz CT molecular complexity index is 1310. The Morgan fingerprint density at radius 2 is 1.58 bits per heavy atom. The monoisotopic (exact) mass is 620 g/mol. The molecule has 0 bridgehead atoms. The summed E-state index contributed by atoms with van der Waals surface area (Å²) in [6.45, 7) is 8.49. The van der Waals surface area contributed by atoms with Gasteiger partial charge in [-0.15, -0.1) is 0 Å². The van der Waals surface area contributed by atoms with Crippen LogP contribution < -0.4 is 10.6 Å². The van der Waals surface area contributed by atoms with Gasteiger partial charge in [-0.05, 0) is 48.8 Å². The van der Waals surface area contributed by atoms with E-state index in [1.807, 2.05) is 67.3 Å². The number of nitrogens with one attached hydrogen (secondary N) is 2. The number of carboxylic acid groups (broad SMARTS) is 1. The number of hydrogen-bond donors (Lipinski definition) is 3. The Morgan fingerprint density at radius 3 is 2.09 bits per heavy atom. The molecule has 0 aliphatic carbocycles. The first kappa shape index (κ1) is 32.3. The fraction of sp³-hybridized carbons (Fsp3) is 0.467. The molecule has 4 atom stereocenters. The van der Waals surface area contributed by atoms with Crippen molar-refractivity contribution in [3.05, 3.63) is 70.8 Å². The first-order chi connectivity index (χ1) is 20.3. The molecule has 3 N–H and O–H groups in total. The molecular formula is C30H35F3N4O5S. The van der Waals surface area contributed by atoms with Gasteiger partial charge in [0.05, 0.1) is 6.04 Å². The lowest BCUT2D eigenvalue weighted by atomic mass is 10.0. The van der Waals surface area contributed by atoms with Crippen LogP contribution in [-0.4, -0.2) is 88.6 Å². The van der Waals surface area contributed by atoms with Gasteiger partial charge < -0.3 is 25.5 Å². The lowest BCUT2D eigenvalue weighted by Gasteiger charge is -2.26. The average Bonchev–Trinajstić information content (AvgIpc) is 3.66. The number of carbonyl (C=O) groups is 4. The Labute approximate surface area is 252 Å². The summed E-state index contributed by atoms with van der Waals surface area (Å²) in [6.07, 6.45) is -4.28. The predicted molar refractivity (Wildman–Crippen MR) is 156 cm³/mol. The van der Waals surface area contributed by atoms with Gasteiger partial charge in [-0.2, -0.15) is 13.2 Å². The second-order valence-corrected chi connectivity index (χ2v) is 12.1. The Kier molecular flexibility index (Phi) is 10.4. The first-order valence-corrected chi connectivity index (χ1v) is 15.0. The van der Waals surface area contributed by atoms with Crippen molar-refractivity contribution >= 4 is 34.8 Å². The molecule has 0 radical (unpaired) electrons. The van der Waals surface area contributed by atoms with Crippen LogP contribution in [0, 0.1) is 25.7 Å². The van der Waals surface area contributed by atoms with Gasteiger partial charge >= 0.3 is 12.1 Å². The second-order valence-electron chi connectivity index (χ2n) is 11.1. The van der Waals surface area contributed by atoms with Crippen LogP contribution in [0.3, 0.4) is 0 Å². The topological polar surface area (TPSA) is 119 Å². The predicted octanol–water partition coefficient (Wildman–Crippen LogP) is 4.01. The molecule has 3 aliphatic rings. The summed E-state index contributed by atoms with van der Waals surface area (Å²) in [5.41, 5.74) is 4.02. The van der Waals surface area contributed by atoms with E-state index in [1.165, 1.54) is 0 Å². The van der Waals surface area contributed by atoms with Gasteiger partial charge in [0, 0.05) is 44.0 Å². The second kappa shape index (κ2) is 13.8. The third-order valence-corrected chi connectivity index (χ3v) is 8.91. The number of aliphatic carboxylic acids is 1. The van der Waals surface area contributed by atoms with Gasteiger partial charge in [0.1, 0.15) is 6.04 Å². The number of carboxylic acids is 1. The van der Waals surface area contributed by atoms with Gasteiger partial charge in [0.25, 0.3) is 11.1 Å². The Hall–Kier alpha value is -3.58. The summed E-state index contributed by atoms with van der Waals surface area (Å²) in [6, 6.07) is 15.5.